The van der Waals surface area contributed by atoms with Crippen molar-refractivity contribution in [2.45, 2.75) is 37.5 Å². The summed E-state index contributed by atoms with van der Waals surface area (Å²) in [7, 11) is 0. The Morgan fingerprint density at radius 1 is 1.17 bits per heavy atom. The molecule has 9 nitrogen and oxygen atoms in total. The molecular weight excluding hydrogens is 557 g/mol. The van der Waals surface area contributed by atoms with Crippen molar-refractivity contribution in [3.8, 4) is 27.6 Å². The number of nitriles is 1. The molecule has 2 fully saturated rings. The second kappa shape index (κ2) is 10.9. The molecule has 2 aliphatic heterocycles. The van der Waals surface area contributed by atoms with Crippen LogP contribution in [0.1, 0.15) is 40.5 Å². The number of hydrogen-bond donors (Lipinski definition) is 2. The number of nitrogens with two attached hydrogens (primary N) is 1. The molecule has 41 heavy (non-hydrogen) atoms. The fourth-order valence-corrected chi connectivity index (χ4v) is 6.57. The monoisotopic (exact) mass is 582 g/mol. The Morgan fingerprint density at radius 2 is 2.00 bits per heavy atom. The molecule has 0 bridgehead atoms. The second-order valence-corrected chi connectivity index (χ2v) is 11.3. The maximum Gasteiger partial charge on any atom is 0.264 e. The lowest BCUT2D eigenvalue weighted by molar-refractivity contribution is -0.0322. The third-order valence-corrected chi connectivity index (χ3v) is 8.73. The molecule has 2 unspecified atom stereocenters. The Hall–Kier alpha value is -3.83. The van der Waals surface area contributed by atoms with E-state index in [0.29, 0.717) is 31.7 Å². The van der Waals surface area contributed by atoms with Crippen molar-refractivity contribution in [3.05, 3.63) is 58.2 Å². The number of aliphatic hydroxyl groups is 1. The molecule has 6 rings (SSSR count). The summed E-state index contributed by atoms with van der Waals surface area (Å²) in [5, 5.41) is 27.6. The minimum Gasteiger partial charge on any atom is -0.391 e. The third-order valence-electron chi connectivity index (χ3n) is 7.58. The van der Waals surface area contributed by atoms with E-state index in [1.807, 2.05) is 0 Å². The molecule has 3 N–H and O–H groups in total. The average molecular weight is 583 g/mol. The fourth-order valence-electron chi connectivity index (χ4n) is 5.42. The number of thiophene rings is 1. The van der Waals surface area contributed by atoms with Gasteiger partial charge in [0.1, 0.15) is 29.0 Å². The van der Waals surface area contributed by atoms with Gasteiger partial charge in [-0.3, -0.25) is 4.79 Å². The quantitative estimate of drug-likeness (QED) is 0.372. The molecule has 0 saturated carbocycles. The first-order valence-electron chi connectivity index (χ1n) is 13.1. The van der Waals surface area contributed by atoms with Gasteiger partial charge in [-0.15, -0.1) is 16.4 Å². The Balaban J connectivity index is 1.50. The van der Waals surface area contributed by atoms with E-state index in [0.717, 1.165) is 34.9 Å². The van der Waals surface area contributed by atoms with Crippen LogP contribution in [0, 0.1) is 28.8 Å². The number of likely N-dealkylation sites (tertiary alicyclic amines) is 1. The summed E-state index contributed by atoms with van der Waals surface area (Å²) in [5.74, 6) is -3.52. The van der Waals surface area contributed by atoms with Gasteiger partial charge in [-0.25, -0.2) is 17.9 Å². The van der Waals surface area contributed by atoms with Gasteiger partial charge in [0.25, 0.3) is 5.91 Å². The Labute approximate surface area is 236 Å². The molecule has 0 spiro atoms. The number of piperidine rings is 1. The first kappa shape index (κ1) is 27.3. The van der Waals surface area contributed by atoms with Crippen molar-refractivity contribution in [2.24, 2.45) is 5.73 Å². The zero-order valence-corrected chi connectivity index (χ0v) is 22.5. The summed E-state index contributed by atoms with van der Waals surface area (Å²) < 4.78 is 52.8. The number of nitrogens with zero attached hydrogens (tertiary/aromatic N) is 5. The summed E-state index contributed by atoms with van der Waals surface area (Å²) in [4.78, 5) is 15.5. The van der Waals surface area contributed by atoms with Gasteiger partial charge in [-0.2, -0.15) is 5.26 Å². The Kier molecular flexibility index (Phi) is 7.25. The molecule has 0 radical (unpaired) electrons. The third kappa shape index (κ3) is 4.87. The van der Waals surface area contributed by atoms with Crippen molar-refractivity contribution in [1.82, 2.24) is 19.9 Å². The van der Waals surface area contributed by atoms with E-state index in [-0.39, 0.29) is 56.0 Å². The molecule has 4 aromatic rings. The lowest BCUT2D eigenvalue weighted by Gasteiger charge is -2.30. The first-order chi connectivity index (χ1) is 19.8. The number of amides is 1. The number of hydrogen-bond acceptors (Lipinski definition) is 8. The predicted molar refractivity (Wildman–Crippen MR) is 144 cm³/mol. The molecule has 3 atom stereocenters. The van der Waals surface area contributed by atoms with Crippen LogP contribution in [0.3, 0.4) is 0 Å². The van der Waals surface area contributed by atoms with Crippen LogP contribution in [0.5, 0.6) is 0 Å². The van der Waals surface area contributed by atoms with Gasteiger partial charge in [0.05, 0.1) is 23.2 Å². The fraction of sp³-hybridized carbons (Fsp3) is 0.357. The molecule has 13 heteroatoms. The summed E-state index contributed by atoms with van der Waals surface area (Å²) in [5.41, 5.74) is 6.12. The molecule has 2 saturated heterocycles. The zero-order chi connectivity index (χ0) is 28.8. The lowest BCUT2D eigenvalue weighted by Crippen LogP contribution is -2.45. The summed E-state index contributed by atoms with van der Waals surface area (Å²) >= 11 is 0.952. The van der Waals surface area contributed by atoms with E-state index >= 15 is 8.78 Å². The highest BCUT2D eigenvalue weighted by atomic mass is 32.1. The van der Waals surface area contributed by atoms with Crippen molar-refractivity contribution in [1.29, 1.82) is 5.26 Å². The summed E-state index contributed by atoms with van der Waals surface area (Å²) in [6.45, 7) is 1.28. The van der Waals surface area contributed by atoms with Crippen molar-refractivity contribution >= 4 is 28.3 Å². The van der Waals surface area contributed by atoms with Gasteiger partial charge in [0.2, 0.25) is 0 Å². The van der Waals surface area contributed by atoms with Gasteiger partial charge >= 0.3 is 0 Å². The molecular formula is C28H25F3N6O3S. The van der Waals surface area contributed by atoms with Gasteiger partial charge in [0.15, 0.2) is 11.6 Å². The topological polar surface area (TPSA) is 130 Å². The molecule has 1 amide bonds. The number of aliphatic hydroxyl groups excluding tert-OH is 1. The van der Waals surface area contributed by atoms with Crippen LogP contribution in [0.15, 0.2) is 30.3 Å². The van der Waals surface area contributed by atoms with Crippen molar-refractivity contribution < 1.29 is 27.8 Å². The highest BCUT2D eigenvalue weighted by Gasteiger charge is 2.32. The van der Waals surface area contributed by atoms with Crippen LogP contribution in [0.4, 0.5) is 13.2 Å². The smallest absolute Gasteiger partial charge is 0.264 e. The number of ether oxygens (including phenoxy) is 1. The largest absolute Gasteiger partial charge is 0.391 e. The van der Waals surface area contributed by atoms with Gasteiger partial charge in [-0.1, -0.05) is 11.3 Å². The van der Waals surface area contributed by atoms with Gasteiger partial charge < -0.3 is 20.5 Å². The van der Waals surface area contributed by atoms with Crippen LogP contribution in [-0.4, -0.2) is 69.4 Å². The average Bonchev–Trinajstić information content (AvgIpc) is 3.60. The number of carbonyl (C=O) groups is 1. The number of aromatic nitrogens is 3. The number of fused-ring (bicyclic) bond motifs is 1. The van der Waals surface area contributed by atoms with Crippen LogP contribution in [0.25, 0.3) is 32.6 Å². The zero-order valence-electron chi connectivity index (χ0n) is 21.7. The lowest BCUT2D eigenvalue weighted by atomic mass is 9.99. The van der Waals surface area contributed by atoms with E-state index < -0.39 is 29.6 Å². The standard InChI is InChI=1S/C28H25F3N6O3S/c29-19-8-14(3-4-15(19)11-32)17-10-23(28(39)36-6-1-2-16(33)12-36)41-27(17)18-9-20-26(25(31)24(18)30)37(35-34-20)21-13-40-7-5-22(21)38/h3-4,8-10,16,21-22,38H,1-2,5-7,12-13,33H2/t16-,21?,22?/m1/s1. The van der Waals surface area contributed by atoms with Gasteiger partial charge in [-0.05, 0) is 49.1 Å². The summed E-state index contributed by atoms with van der Waals surface area (Å²) in [6.07, 6.45) is 0.977. The van der Waals surface area contributed by atoms with Crippen LogP contribution in [0.2, 0.25) is 0 Å². The van der Waals surface area contributed by atoms with Crippen LogP contribution >= 0.6 is 11.3 Å². The SMILES string of the molecule is N#Cc1ccc(-c2cc(C(=O)N3CCC[C@@H](N)C3)sc2-c2cc3nnn(C4COCCC4O)c3c(F)c2F)cc1F. The molecule has 2 aliphatic rings. The molecule has 2 aromatic carbocycles. The normalized spacial score (nSPS) is 21.3. The van der Waals surface area contributed by atoms with E-state index in [2.05, 4.69) is 10.3 Å². The van der Waals surface area contributed by atoms with E-state index in [9.17, 15) is 14.3 Å². The van der Waals surface area contributed by atoms with Crippen molar-refractivity contribution in [2.75, 3.05) is 26.3 Å². The number of halogens is 3. The first-order valence-corrected chi connectivity index (χ1v) is 14.0. The highest BCUT2D eigenvalue weighted by Crippen LogP contribution is 2.43. The Bertz CT molecular complexity index is 1700. The van der Waals surface area contributed by atoms with E-state index in [1.165, 1.54) is 24.3 Å². The molecule has 2 aromatic heterocycles. The number of rotatable bonds is 4. The maximum absolute atomic E-state index is 15.9. The molecule has 0 aliphatic carbocycles. The Morgan fingerprint density at radius 3 is 2.73 bits per heavy atom. The summed E-state index contributed by atoms with van der Waals surface area (Å²) in [6, 6.07) is 7.62. The van der Waals surface area contributed by atoms with Crippen LogP contribution in [-0.2, 0) is 4.74 Å². The van der Waals surface area contributed by atoms with E-state index in [1.54, 1.807) is 11.0 Å². The number of carbonyl (C=O) groups excluding carboxylic acids is 1. The number of benzene rings is 2. The minimum atomic E-state index is -1.22. The van der Waals surface area contributed by atoms with E-state index in [4.69, 9.17) is 15.7 Å². The van der Waals surface area contributed by atoms with Crippen molar-refractivity contribution in [3.63, 3.8) is 0 Å². The molecule has 4 heterocycles. The minimum absolute atomic E-state index is 0.0388. The van der Waals surface area contributed by atoms with Crippen LogP contribution < -0.4 is 5.73 Å². The molecule has 212 valence electrons. The van der Waals surface area contributed by atoms with Gasteiger partial charge in [0, 0.05) is 41.7 Å². The maximum atomic E-state index is 15.9. The predicted octanol–water partition coefficient (Wildman–Crippen LogP) is 4.00. The second-order valence-electron chi connectivity index (χ2n) is 10.3. The highest BCUT2D eigenvalue weighted by molar-refractivity contribution is 7.18.